The molecule has 0 unspecified atom stereocenters. The molecule has 2 fully saturated rings. The summed E-state index contributed by atoms with van der Waals surface area (Å²) in [5.41, 5.74) is 5.23. The lowest BCUT2D eigenvalue weighted by atomic mass is 10.1. The van der Waals surface area contributed by atoms with E-state index in [0.29, 0.717) is 43.3 Å². The van der Waals surface area contributed by atoms with Crippen LogP contribution in [0.1, 0.15) is 407 Å². The Balaban J connectivity index is -0.000000463. The van der Waals surface area contributed by atoms with Gasteiger partial charge in [0.1, 0.15) is 0 Å². The molecule has 0 aromatic heterocycles. The number of rotatable bonds is 55. The maximum Gasteiger partial charge on any atom is 0.0609 e. The molecule has 0 saturated carbocycles. The second-order valence-electron chi connectivity index (χ2n) is 41.8. The molecule has 4 aromatic carbocycles. The number of unbranched alkanes of at least 4 members (excludes halogenated alkanes) is 12. The zero-order valence-electron chi connectivity index (χ0n) is 96.5. The second kappa shape index (κ2) is 96.4. The summed E-state index contributed by atoms with van der Waals surface area (Å²) in [4.78, 5) is 27.2. The summed E-state index contributed by atoms with van der Waals surface area (Å²) in [6.07, 6.45) is 48.4. The highest BCUT2D eigenvalue weighted by molar-refractivity contribution is 5.63. The van der Waals surface area contributed by atoms with Crippen molar-refractivity contribution in [2.45, 2.75) is 475 Å². The average Bonchev–Trinajstić information content (AvgIpc) is 1.18. The normalized spacial score (nSPS) is 12.6. The van der Waals surface area contributed by atoms with E-state index in [4.69, 9.17) is 12.8 Å². The number of anilines is 2. The molecule has 0 aliphatic carbocycles. The maximum atomic E-state index is 5.14. The Labute approximate surface area is 847 Å². The molecule has 0 bridgehead atoms. The lowest BCUT2D eigenvalue weighted by Gasteiger charge is -2.29. The van der Waals surface area contributed by atoms with Crippen LogP contribution in [0.3, 0.4) is 0 Å². The minimum Gasteiger partial charge on any atom is -0.339 e. The van der Waals surface area contributed by atoms with Crippen molar-refractivity contribution in [3.8, 4) is 24.7 Å². The van der Waals surface area contributed by atoms with Crippen LogP contribution in [0.4, 0.5) is 11.4 Å². The molecule has 2 heterocycles. The average molecular weight is 1880 g/mol. The summed E-state index contributed by atoms with van der Waals surface area (Å²) in [6.45, 7) is 107. The highest BCUT2D eigenvalue weighted by Crippen LogP contribution is 2.28. The Bertz CT molecular complexity index is 2970. The number of para-hydroxylation sites is 2. The van der Waals surface area contributed by atoms with E-state index in [1.54, 1.807) is 0 Å². The molecule has 11 heteroatoms. The molecule has 6 rings (SSSR count). The van der Waals surface area contributed by atoms with E-state index in [1.165, 1.54) is 275 Å². The van der Waals surface area contributed by atoms with Crippen molar-refractivity contribution in [1.82, 2.24) is 49.0 Å². The first-order chi connectivity index (χ1) is 64.4. The molecule has 0 spiro atoms. The predicted molar refractivity (Wildman–Crippen MR) is 616 cm³/mol. The van der Waals surface area contributed by atoms with Gasteiger partial charge in [0.05, 0.1) is 13.1 Å². The maximum absolute atomic E-state index is 5.14. The monoisotopic (exact) mass is 1880 g/mol. The van der Waals surface area contributed by atoms with Crippen LogP contribution >= 0.6 is 0 Å². The van der Waals surface area contributed by atoms with Crippen LogP contribution in [0.15, 0.2) is 147 Å². The van der Waals surface area contributed by atoms with E-state index >= 15 is 0 Å². The molecule has 0 atom stereocenters. The largest absolute Gasteiger partial charge is 0.339 e. The van der Waals surface area contributed by atoms with E-state index in [1.807, 2.05) is 24.3 Å². The van der Waals surface area contributed by atoms with Gasteiger partial charge in [-0.3, -0.25) is 14.7 Å². The van der Waals surface area contributed by atoms with Crippen molar-refractivity contribution in [3.05, 3.63) is 158 Å². The van der Waals surface area contributed by atoms with E-state index in [-0.39, 0.29) is 0 Å². The fourth-order valence-corrected chi connectivity index (χ4v) is 16.0. The molecule has 784 valence electrons. The fourth-order valence-electron chi connectivity index (χ4n) is 16.0. The molecule has 2 aliphatic heterocycles. The predicted octanol–water partition coefficient (Wildman–Crippen LogP) is 32.5. The van der Waals surface area contributed by atoms with Gasteiger partial charge in [-0.05, 0) is 355 Å². The highest BCUT2D eigenvalue weighted by Gasteiger charge is 2.19. The molecule has 0 radical (unpaired) electrons. The first-order valence-corrected chi connectivity index (χ1v) is 55.9. The lowest BCUT2D eigenvalue weighted by Crippen LogP contribution is -2.36. The number of terminal acetylenes is 2. The zero-order valence-corrected chi connectivity index (χ0v) is 96.5. The van der Waals surface area contributed by atoms with Crippen LogP contribution in [0, 0.1) is 36.5 Å². The molecular weight excluding hydrogens is 1640 g/mol. The van der Waals surface area contributed by atoms with Crippen molar-refractivity contribution in [2.75, 3.05) is 123 Å². The van der Waals surface area contributed by atoms with Gasteiger partial charge >= 0.3 is 0 Å². The Morgan fingerprint density at radius 2 is 0.526 bits per heavy atom. The van der Waals surface area contributed by atoms with Gasteiger partial charge in [-0.1, -0.05) is 288 Å². The van der Waals surface area contributed by atoms with Crippen LogP contribution < -0.4 is 4.90 Å². The molecule has 0 amide bonds. The van der Waals surface area contributed by atoms with Crippen molar-refractivity contribution < 1.29 is 0 Å². The third-order valence-corrected chi connectivity index (χ3v) is 24.7. The van der Waals surface area contributed by atoms with Crippen molar-refractivity contribution in [1.29, 1.82) is 0 Å². The molecule has 11 nitrogen and oxygen atoms in total. The summed E-state index contributed by atoms with van der Waals surface area (Å²) in [5, 5.41) is 0. The van der Waals surface area contributed by atoms with Crippen LogP contribution in [0.5, 0.6) is 0 Å². The smallest absolute Gasteiger partial charge is 0.0609 e. The molecule has 4 aromatic rings. The SMILES string of the molecule is C#CCN(CC#C)C(C)C.C=CCN(CC=C)C(C)C.CC(C)CN(CC(C)C)C(C)C.CC(C)N(Cc1ccccc1)Cc1ccccc1.CC(C)N(c1ccccc1)c1ccccc1.CC(C)N1CCCC1.CC(C)N1CCCCC1.CCCCCCN(CCCCCC)C(C)C.CCCCCN(CCCCC)C(C)C.CCCCN(CCCC)C(C)C.CCCN(CCC)C(C)C. The third-order valence-electron chi connectivity index (χ3n) is 24.7. The number of hydrogen-bond donors (Lipinski definition) is 0. The van der Waals surface area contributed by atoms with Gasteiger partial charge < -0.3 is 39.2 Å². The van der Waals surface area contributed by atoms with Crippen LogP contribution in [-0.2, 0) is 13.1 Å². The first kappa shape index (κ1) is 138. The summed E-state index contributed by atoms with van der Waals surface area (Å²) >= 11 is 0. The van der Waals surface area contributed by atoms with E-state index in [9.17, 15) is 0 Å². The number of piperidine rings is 1. The quantitative estimate of drug-likeness (QED) is 0.0241. The second-order valence-corrected chi connectivity index (χ2v) is 41.8. The van der Waals surface area contributed by atoms with E-state index in [0.717, 1.165) is 74.3 Å². The lowest BCUT2D eigenvalue weighted by molar-refractivity contribution is 0.177. The fraction of sp³-hybridized carbons (Fsp3) is 0.742. The van der Waals surface area contributed by atoms with Gasteiger partial charge in [0.15, 0.2) is 0 Å². The van der Waals surface area contributed by atoms with Gasteiger partial charge in [0.2, 0.25) is 0 Å². The molecule has 2 saturated heterocycles. The number of hydrogen-bond acceptors (Lipinski definition) is 11. The molecular formula is C124H233N11. The Morgan fingerprint density at radius 3 is 0.756 bits per heavy atom. The Hall–Kier alpha value is -5.12. The standard InChI is InChI=1S/C17H21N.C15H17N.C15H33N.C13H29N.2C11H25N.C9H21N.C9H17N.C9H13N.C8H17N.C7H15N/c1-15(2)18(13-16-9-5-3-6-10-16)14-17-11-7-4-8-12-17;1-13(2)16(14-9-5-3-6-10-14)15-11-7-4-8-12-15;1-5-7-9-11-13-16(15(3)4)14-12-10-8-6-2;1-5-7-9-11-14(13(3)4)12-10-8-6-2;1-9(2)7-12(11(5)6)8-10(3)4;1-5-7-9-12(11(3)4)10-8-6-2;3*1-5-7-10(8-6-2)9(3)4;1-8(2)9-6-4-3-5-7-9;1-7(2)8-5-3-4-6-8/h3-12,15H,13-14H2,1-2H3;3-13H,1-2H3;15H,5-14H2,1-4H3;13H,5-12H2,1-4H3;9-11H,7-8H2,1-6H3;11H,5-10H2,1-4H3;9H,5-8H2,1-4H3;5-6,9H,1-2,7-8H2,3-4H3;1-2,9H,7-8H2,3-4H3;8H,3-7H2,1-2H3;7H,3-6H2,1-2H3. The van der Waals surface area contributed by atoms with Crippen LogP contribution in [0.2, 0.25) is 0 Å². The Morgan fingerprint density at radius 1 is 0.274 bits per heavy atom. The van der Waals surface area contributed by atoms with Gasteiger partial charge in [-0.25, -0.2) is 0 Å². The van der Waals surface area contributed by atoms with Gasteiger partial charge in [-0.2, -0.15) is 0 Å². The number of benzene rings is 4. The van der Waals surface area contributed by atoms with Crippen molar-refractivity contribution >= 4 is 11.4 Å². The Kier molecular flexibility index (Phi) is 98.8. The van der Waals surface area contributed by atoms with Gasteiger partial charge in [-0.15, -0.1) is 26.0 Å². The molecule has 135 heavy (non-hydrogen) atoms. The summed E-state index contributed by atoms with van der Waals surface area (Å²) in [6, 6.07) is 49.5. The molecule has 0 N–H and O–H groups in total. The van der Waals surface area contributed by atoms with Crippen LogP contribution in [-0.4, -0.2) is 233 Å². The first-order valence-electron chi connectivity index (χ1n) is 55.9. The summed E-state index contributed by atoms with van der Waals surface area (Å²) in [5.74, 6) is 6.70. The number of nitrogens with zero attached hydrogens (tertiary/aromatic N) is 11. The highest BCUT2D eigenvalue weighted by atomic mass is 15.2. The number of likely N-dealkylation sites (tertiary alicyclic amines) is 2. The van der Waals surface area contributed by atoms with E-state index in [2.05, 4.69) is 423 Å². The van der Waals surface area contributed by atoms with Crippen molar-refractivity contribution in [2.24, 2.45) is 11.8 Å². The van der Waals surface area contributed by atoms with Crippen LogP contribution in [0.25, 0.3) is 0 Å². The molecule has 2 aliphatic rings. The minimum absolute atomic E-state index is 0.437. The topological polar surface area (TPSA) is 35.6 Å². The summed E-state index contributed by atoms with van der Waals surface area (Å²) in [7, 11) is 0. The minimum atomic E-state index is 0.437. The van der Waals surface area contributed by atoms with E-state index < -0.39 is 0 Å². The summed E-state index contributed by atoms with van der Waals surface area (Å²) < 4.78 is 0. The van der Waals surface area contributed by atoms with Crippen molar-refractivity contribution in [3.63, 3.8) is 0 Å². The zero-order chi connectivity index (χ0) is 103. The third kappa shape index (κ3) is 83.2. The van der Waals surface area contributed by atoms with Gasteiger partial charge in [0, 0.05) is 117 Å². The van der Waals surface area contributed by atoms with Gasteiger partial charge in [0.25, 0.3) is 0 Å².